The van der Waals surface area contributed by atoms with Crippen molar-refractivity contribution in [1.29, 1.82) is 0 Å². The highest BCUT2D eigenvalue weighted by Gasteiger charge is 2.41. The Labute approximate surface area is 134 Å². The van der Waals surface area contributed by atoms with Gasteiger partial charge >= 0.3 is 11.8 Å². The fourth-order valence-electron chi connectivity index (χ4n) is 3.51. The van der Waals surface area contributed by atoms with Crippen LogP contribution in [0.5, 0.6) is 0 Å². The second-order valence-electron chi connectivity index (χ2n) is 6.38. The summed E-state index contributed by atoms with van der Waals surface area (Å²) in [6.45, 7) is 0.658. The van der Waals surface area contributed by atoms with Crippen LogP contribution >= 0.6 is 0 Å². The van der Waals surface area contributed by atoms with Crippen LogP contribution in [-0.4, -0.2) is 71.7 Å². The van der Waals surface area contributed by atoms with Gasteiger partial charge in [-0.15, -0.1) is 0 Å². The Hall–Kier alpha value is -2.12. The smallest absolute Gasteiger partial charge is 0.312 e. The maximum atomic E-state index is 12.3. The summed E-state index contributed by atoms with van der Waals surface area (Å²) < 4.78 is 0. The minimum Gasteiger partial charge on any atom is -0.345 e. The summed E-state index contributed by atoms with van der Waals surface area (Å²) >= 11 is 0. The van der Waals surface area contributed by atoms with Gasteiger partial charge in [0.1, 0.15) is 6.04 Å². The predicted octanol–water partition coefficient (Wildman–Crippen LogP) is -1.40. The molecule has 2 N–H and O–H groups in total. The molecule has 8 heteroatoms. The first-order chi connectivity index (χ1) is 11.1. The molecule has 0 radical (unpaired) electrons. The van der Waals surface area contributed by atoms with E-state index in [9.17, 15) is 19.2 Å². The number of fused-ring (bicyclic) bond motifs is 1. The number of carbonyl (C=O) groups excluding carboxylic acids is 4. The van der Waals surface area contributed by atoms with Gasteiger partial charge in [-0.3, -0.25) is 19.2 Å². The van der Waals surface area contributed by atoms with E-state index in [0.29, 0.717) is 6.54 Å². The van der Waals surface area contributed by atoms with Crippen LogP contribution in [0.4, 0.5) is 0 Å². The molecule has 2 heterocycles. The van der Waals surface area contributed by atoms with Gasteiger partial charge in [0, 0.05) is 19.1 Å². The molecular weight excluding hydrogens is 300 g/mol. The molecule has 3 aliphatic rings. The Morgan fingerprint density at radius 1 is 1.09 bits per heavy atom. The SMILES string of the molecule is O=C(NC1CCCCC1)C(=O)N1CCN2C(=O)CNC(=O)C2C1. The van der Waals surface area contributed by atoms with Crippen LogP contribution in [0, 0.1) is 0 Å². The Kier molecular flexibility index (Phi) is 4.49. The molecule has 1 aliphatic carbocycles. The molecule has 0 aromatic heterocycles. The molecule has 0 spiro atoms. The van der Waals surface area contributed by atoms with Crippen LogP contribution < -0.4 is 10.6 Å². The number of carbonyl (C=O) groups is 4. The number of nitrogens with one attached hydrogen (secondary N) is 2. The summed E-state index contributed by atoms with van der Waals surface area (Å²) in [5.41, 5.74) is 0. The molecule has 0 bridgehead atoms. The lowest BCUT2D eigenvalue weighted by Crippen LogP contribution is -2.67. The molecule has 2 aliphatic heterocycles. The lowest BCUT2D eigenvalue weighted by Gasteiger charge is -2.42. The molecule has 1 atom stereocenters. The lowest BCUT2D eigenvalue weighted by atomic mass is 9.95. The van der Waals surface area contributed by atoms with E-state index in [0.717, 1.165) is 25.7 Å². The van der Waals surface area contributed by atoms with Gasteiger partial charge in [-0.1, -0.05) is 19.3 Å². The third-order valence-corrected chi connectivity index (χ3v) is 4.84. The van der Waals surface area contributed by atoms with Crippen molar-refractivity contribution in [2.24, 2.45) is 0 Å². The van der Waals surface area contributed by atoms with Crippen molar-refractivity contribution >= 4 is 23.6 Å². The molecule has 3 fully saturated rings. The molecule has 0 aromatic carbocycles. The predicted molar refractivity (Wildman–Crippen MR) is 80.1 cm³/mol. The first-order valence-electron chi connectivity index (χ1n) is 8.23. The summed E-state index contributed by atoms with van der Waals surface area (Å²) in [5.74, 6) is -1.63. The fourth-order valence-corrected chi connectivity index (χ4v) is 3.51. The number of hydrogen-bond donors (Lipinski definition) is 2. The fraction of sp³-hybridized carbons (Fsp3) is 0.733. The van der Waals surface area contributed by atoms with E-state index < -0.39 is 17.9 Å². The van der Waals surface area contributed by atoms with E-state index >= 15 is 0 Å². The van der Waals surface area contributed by atoms with E-state index in [-0.39, 0.29) is 37.5 Å². The second-order valence-corrected chi connectivity index (χ2v) is 6.38. The third-order valence-electron chi connectivity index (χ3n) is 4.84. The van der Waals surface area contributed by atoms with Crippen molar-refractivity contribution < 1.29 is 19.2 Å². The van der Waals surface area contributed by atoms with Gasteiger partial charge in [0.25, 0.3) is 0 Å². The van der Waals surface area contributed by atoms with Gasteiger partial charge in [0.2, 0.25) is 11.8 Å². The maximum absolute atomic E-state index is 12.3. The summed E-state index contributed by atoms with van der Waals surface area (Å²) in [6.07, 6.45) is 5.14. The van der Waals surface area contributed by atoms with Crippen LogP contribution in [0.15, 0.2) is 0 Å². The second kappa shape index (κ2) is 6.55. The van der Waals surface area contributed by atoms with Crippen LogP contribution in [0.25, 0.3) is 0 Å². The summed E-state index contributed by atoms with van der Waals surface area (Å²) in [5, 5.41) is 5.31. The molecule has 126 valence electrons. The quantitative estimate of drug-likeness (QED) is 0.580. The molecule has 8 nitrogen and oxygen atoms in total. The van der Waals surface area contributed by atoms with Gasteiger partial charge in [0.05, 0.1) is 13.1 Å². The van der Waals surface area contributed by atoms with Crippen molar-refractivity contribution in [3.8, 4) is 0 Å². The van der Waals surface area contributed by atoms with Crippen LogP contribution in [0.1, 0.15) is 32.1 Å². The highest BCUT2D eigenvalue weighted by atomic mass is 16.2. The van der Waals surface area contributed by atoms with Crippen molar-refractivity contribution in [3.05, 3.63) is 0 Å². The molecule has 0 aromatic rings. The highest BCUT2D eigenvalue weighted by Crippen LogP contribution is 2.18. The van der Waals surface area contributed by atoms with E-state index in [1.807, 2.05) is 0 Å². The number of rotatable bonds is 1. The van der Waals surface area contributed by atoms with Crippen molar-refractivity contribution in [2.45, 2.75) is 44.2 Å². The maximum Gasteiger partial charge on any atom is 0.312 e. The molecule has 23 heavy (non-hydrogen) atoms. The standard InChI is InChI=1S/C15H22N4O4/c20-12-8-16-13(21)11-9-18(6-7-19(11)12)15(23)14(22)17-10-4-2-1-3-5-10/h10-11H,1-9H2,(H,16,21)(H,17,22). The minimum absolute atomic E-state index is 0.00540. The summed E-state index contributed by atoms with van der Waals surface area (Å²) in [4.78, 5) is 51.0. The van der Waals surface area contributed by atoms with Crippen molar-refractivity contribution in [2.75, 3.05) is 26.2 Å². The minimum atomic E-state index is -0.684. The zero-order valence-corrected chi connectivity index (χ0v) is 13.0. The first kappa shape index (κ1) is 15.8. The molecular formula is C15H22N4O4. The van der Waals surface area contributed by atoms with Crippen LogP contribution in [0.3, 0.4) is 0 Å². The number of nitrogens with zero attached hydrogens (tertiary/aromatic N) is 2. The topological polar surface area (TPSA) is 98.8 Å². The highest BCUT2D eigenvalue weighted by molar-refractivity contribution is 6.35. The normalized spacial score (nSPS) is 25.7. The zero-order valence-electron chi connectivity index (χ0n) is 13.0. The van der Waals surface area contributed by atoms with Crippen molar-refractivity contribution in [1.82, 2.24) is 20.4 Å². The van der Waals surface area contributed by atoms with E-state index in [2.05, 4.69) is 10.6 Å². The zero-order chi connectivity index (χ0) is 16.4. The molecule has 3 rings (SSSR count). The van der Waals surface area contributed by atoms with Crippen molar-refractivity contribution in [3.63, 3.8) is 0 Å². The van der Waals surface area contributed by atoms with Gasteiger partial charge in [-0.25, -0.2) is 0 Å². The molecule has 2 saturated heterocycles. The average molecular weight is 322 g/mol. The Bertz CT molecular complexity index is 530. The van der Waals surface area contributed by atoms with E-state index in [1.165, 1.54) is 16.2 Å². The molecule has 4 amide bonds. The monoisotopic (exact) mass is 322 g/mol. The number of amides is 4. The summed E-state index contributed by atoms with van der Waals surface area (Å²) in [7, 11) is 0. The summed E-state index contributed by atoms with van der Waals surface area (Å²) in [6, 6.07) is -0.613. The van der Waals surface area contributed by atoms with Gasteiger partial charge in [0.15, 0.2) is 0 Å². The Balaban J connectivity index is 1.58. The molecule has 1 unspecified atom stereocenters. The van der Waals surface area contributed by atoms with Gasteiger partial charge < -0.3 is 20.4 Å². The lowest BCUT2D eigenvalue weighted by molar-refractivity contribution is -0.155. The van der Waals surface area contributed by atoms with Gasteiger partial charge in [-0.2, -0.15) is 0 Å². The number of hydrogen-bond acceptors (Lipinski definition) is 4. The third kappa shape index (κ3) is 3.30. The Morgan fingerprint density at radius 3 is 2.57 bits per heavy atom. The molecule has 1 saturated carbocycles. The first-order valence-corrected chi connectivity index (χ1v) is 8.23. The Morgan fingerprint density at radius 2 is 1.83 bits per heavy atom. The van der Waals surface area contributed by atoms with Crippen LogP contribution in [-0.2, 0) is 19.2 Å². The van der Waals surface area contributed by atoms with E-state index in [1.54, 1.807) is 0 Å². The van der Waals surface area contributed by atoms with Gasteiger partial charge in [-0.05, 0) is 12.8 Å². The average Bonchev–Trinajstić information content (AvgIpc) is 2.58. The van der Waals surface area contributed by atoms with E-state index in [4.69, 9.17) is 0 Å². The number of piperazine rings is 2. The van der Waals surface area contributed by atoms with Crippen LogP contribution in [0.2, 0.25) is 0 Å². The largest absolute Gasteiger partial charge is 0.345 e.